The van der Waals surface area contributed by atoms with Crippen LogP contribution in [0.3, 0.4) is 0 Å². The van der Waals surface area contributed by atoms with Crippen molar-refractivity contribution in [3.05, 3.63) is 93.3 Å². The maximum absolute atomic E-state index is 14.7. The Balaban J connectivity index is 1.77. The van der Waals surface area contributed by atoms with Crippen molar-refractivity contribution in [3.8, 4) is 0 Å². The van der Waals surface area contributed by atoms with Gasteiger partial charge in [-0.3, -0.25) is 9.59 Å². The van der Waals surface area contributed by atoms with Crippen molar-refractivity contribution >= 4 is 28.4 Å². The van der Waals surface area contributed by atoms with Gasteiger partial charge in [0.15, 0.2) is 0 Å². The molecule has 2 N–H and O–H groups in total. The molecule has 1 atom stereocenters. The third-order valence-electron chi connectivity index (χ3n) is 5.80. The molecule has 0 bridgehead atoms. The molecule has 0 spiro atoms. The number of hydrogen-bond acceptors (Lipinski definition) is 5. The van der Waals surface area contributed by atoms with Gasteiger partial charge in [0, 0.05) is 17.8 Å². The molecule has 0 aliphatic heterocycles. The summed E-state index contributed by atoms with van der Waals surface area (Å²) in [6.07, 6.45) is -2.95. The Morgan fingerprint density at radius 2 is 1.78 bits per heavy atom. The van der Waals surface area contributed by atoms with Gasteiger partial charge in [-0.05, 0) is 39.0 Å². The number of hydrogen-bond donors (Lipinski definition) is 2. The van der Waals surface area contributed by atoms with Gasteiger partial charge in [-0.15, -0.1) is 0 Å². The zero-order chi connectivity index (χ0) is 26.0. The SMILES string of the molecule is CCN(C(=O)c1cc2c(N[C@H](C)c3cccc(C(F)F)c3F)nc(C)nc2[nH]c1=O)c1ccccc1. The molecule has 0 fully saturated rings. The number of amides is 1. The van der Waals surface area contributed by atoms with E-state index in [-0.39, 0.29) is 22.6 Å². The predicted octanol–water partition coefficient (Wildman–Crippen LogP) is 5.54. The molecule has 10 heteroatoms. The molecule has 1 amide bonds. The smallest absolute Gasteiger partial charge is 0.266 e. The summed E-state index contributed by atoms with van der Waals surface area (Å²) in [5.41, 5.74) is -0.590. The van der Waals surface area contributed by atoms with Gasteiger partial charge in [0.2, 0.25) is 0 Å². The monoisotopic (exact) mass is 495 g/mol. The summed E-state index contributed by atoms with van der Waals surface area (Å²) in [4.78, 5) is 38.9. The minimum Gasteiger partial charge on any atom is -0.363 e. The van der Waals surface area contributed by atoms with E-state index in [1.54, 1.807) is 45.0 Å². The van der Waals surface area contributed by atoms with Crippen LogP contribution in [0.1, 0.15) is 53.6 Å². The molecule has 2 aromatic carbocycles. The normalized spacial score (nSPS) is 12.1. The Kier molecular flexibility index (Phi) is 7.05. The molecular formula is C26H24F3N5O2. The fourth-order valence-corrected chi connectivity index (χ4v) is 4.02. The molecule has 0 saturated carbocycles. The number of benzene rings is 2. The zero-order valence-corrected chi connectivity index (χ0v) is 19.8. The number of rotatable bonds is 7. The van der Waals surface area contributed by atoms with Gasteiger partial charge < -0.3 is 15.2 Å². The number of anilines is 2. The fraction of sp³-hybridized carbons (Fsp3) is 0.231. The molecule has 0 saturated heterocycles. The van der Waals surface area contributed by atoms with Crippen LogP contribution in [0.15, 0.2) is 59.4 Å². The van der Waals surface area contributed by atoms with Crippen LogP contribution in [0.2, 0.25) is 0 Å². The van der Waals surface area contributed by atoms with E-state index in [9.17, 15) is 22.8 Å². The van der Waals surface area contributed by atoms with Crippen LogP contribution in [0, 0.1) is 12.7 Å². The number of H-pyrrole nitrogens is 1. The molecule has 0 aliphatic rings. The third kappa shape index (κ3) is 4.79. The van der Waals surface area contributed by atoms with Gasteiger partial charge in [-0.25, -0.2) is 23.1 Å². The Hall–Kier alpha value is -4.21. The van der Waals surface area contributed by atoms with E-state index >= 15 is 0 Å². The average molecular weight is 496 g/mol. The van der Waals surface area contributed by atoms with Crippen molar-refractivity contribution in [2.75, 3.05) is 16.8 Å². The Morgan fingerprint density at radius 1 is 1.08 bits per heavy atom. The summed E-state index contributed by atoms with van der Waals surface area (Å²) < 4.78 is 41.1. The second kappa shape index (κ2) is 10.2. The van der Waals surface area contributed by atoms with Crippen LogP contribution in [0.4, 0.5) is 24.7 Å². The van der Waals surface area contributed by atoms with Gasteiger partial charge in [0.05, 0.1) is 17.0 Å². The number of nitrogens with one attached hydrogen (secondary N) is 2. The highest BCUT2D eigenvalue weighted by Gasteiger charge is 2.23. The number of aromatic nitrogens is 3. The minimum atomic E-state index is -2.95. The number of nitrogens with zero attached hydrogens (tertiary/aromatic N) is 3. The molecule has 0 radical (unpaired) electrons. The van der Waals surface area contributed by atoms with Gasteiger partial charge in [-0.1, -0.05) is 36.4 Å². The maximum Gasteiger partial charge on any atom is 0.266 e. The number of halogens is 3. The summed E-state index contributed by atoms with van der Waals surface area (Å²) in [7, 11) is 0. The van der Waals surface area contributed by atoms with Gasteiger partial charge >= 0.3 is 0 Å². The summed E-state index contributed by atoms with van der Waals surface area (Å²) >= 11 is 0. The highest BCUT2D eigenvalue weighted by molar-refractivity contribution is 6.07. The van der Waals surface area contributed by atoms with Gasteiger partial charge in [-0.2, -0.15) is 0 Å². The van der Waals surface area contributed by atoms with Crippen LogP contribution in [0.5, 0.6) is 0 Å². The predicted molar refractivity (Wildman–Crippen MR) is 132 cm³/mol. The molecule has 0 aliphatic carbocycles. The van der Waals surface area contributed by atoms with Crippen molar-refractivity contribution in [1.29, 1.82) is 0 Å². The van der Waals surface area contributed by atoms with Crippen LogP contribution >= 0.6 is 0 Å². The van der Waals surface area contributed by atoms with E-state index in [4.69, 9.17) is 0 Å². The van der Waals surface area contributed by atoms with Crippen molar-refractivity contribution < 1.29 is 18.0 Å². The Morgan fingerprint density at radius 3 is 2.44 bits per heavy atom. The van der Waals surface area contributed by atoms with E-state index < -0.39 is 35.3 Å². The quantitative estimate of drug-likeness (QED) is 0.351. The van der Waals surface area contributed by atoms with Crippen LogP contribution in [-0.2, 0) is 0 Å². The van der Waals surface area contributed by atoms with Crippen molar-refractivity contribution in [2.24, 2.45) is 0 Å². The summed E-state index contributed by atoms with van der Waals surface area (Å²) in [5, 5.41) is 3.35. The lowest BCUT2D eigenvalue weighted by Gasteiger charge is -2.21. The molecule has 4 aromatic rings. The zero-order valence-electron chi connectivity index (χ0n) is 19.8. The van der Waals surface area contributed by atoms with E-state index in [1.165, 1.54) is 23.1 Å². The van der Waals surface area contributed by atoms with E-state index in [0.717, 1.165) is 6.07 Å². The highest BCUT2D eigenvalue weighted by atomic mass is 19.3. The Bertz CT molecular complexity index is 1470. The molecule has 7 nitrogen and oxygen atoms in total. The van der Waals surface area contributed by atoms with E-state index in [1.807, 2.05) is 6.07 Å². The van der Waals surface area contributed by atoms with Crippen molar-refractivity contribution in [3.63, 3.8) is 0 Å². The second-order valence-corrected chi connectivity index (χ2v) is 8.20. The lowest BCUT2D eigenvalue weighted by Crippen LogP contribution is -2.34. The highest BCUT2D eigenvalue weighted by Crippen LogP contribution is 2.30. The molecule has 4 rings (SSSR count). The summed E-state index contributed by atoms with van der Waals surface area (Å²) in [5.74, 6) is -0.983. The first-order valence-electron chi connectivity index (χ1n) is 11.3. The maximum atomic E-state index is 14.7. The second-order valence-electron chi connectivity index (χ2n) is 8.20. The van der Waals surface area contributed by atoms with Gasteiger partial charge in [0.25, 0.3) is 17.9 Å². The van der Waals surface area contributed by atoms with Gasteiger partial charge in [0.1, 0.15) is 28.7 Å². The molecular weight excluding hydrogens is 471 g/mol. The molecule has 36 heavy (non-hydrogen) atoms. The third-order valence-corrected chi connectivity index (χ3v) is 5.80. The first-order chi connectivity index (χ1) is 17.2. The lowest BCUT2D eigenvalue weighted by molar-refractivity contribution is 0.0987. The van der Waals surface area contributed by atoms with E-state index in [0.29, 0.717) is 23.4 Å². The first kappa shape index (κ1) is 24.9. The average Bonchev–Trinajstić information content (AvgIpc) is 2.84. The summed E-state index contributed by atoms with van der Waals surface area (Å²) in [6, 6.07) is 13.4. The number of carbonyl (C=O) groups is 1. The topological polar surface area (TPSA) is 91.0 Å². The standard InChI is InChI=1S/C26H24F3N5O2/c1-4-34(16-9-6-5-7-10-16)26(36)20-13-19-23(31-15(3)32-24(19)33-25(20)35)30-14(2)17-11-8-12-18(21(17)27)22(28)29/h5-14,22H,4H2,1-3H3,(H2,30,31,32,33,35)/t14-/m1/s1. The van der Waals surface area contributed by atoms with Crippen LogP contribution < -0.4 is 15.8 Å². The Labute approximate surface area is 205 Å². The van der Waals surface area contributed by atoms with Crippen LogP contribution in [-0.4, -0.2) is 27.4 Å². The van der Waals surface area contributed by atoms with E-state index in [2.05, 4.69) is 20.3 Å². The largest absolute Gasteiger partial charge is 0.363 e. The number of para-hydroxylation sites is 1. The number of carbonyl (C=O) groups excluding carboxylic acids is 1. The number of aromatic amines is 1. The molecule has 0 unspecified atom stereocenters. The molecule has 2 aromatic heterocycles. The van der Waals surface area contributed by atoms with Crippen LogP contribution in [0.25, 0.3) is 11.0 Å². The molecule has 2 heterocycles. The fourth-order valence-electron chi connectivity index (χ4n) is 4.02. The first-order valence-corrected chi connectivity index (χ1v) is 11.3. The molecule has 186 valence electrons. The summed E-state index contributed by atoms with van der Waals surface area (Å²) in [6.45, 7) is 5.33. The lowest BCUT2D eigenvalue weighted by atomic mass is 10.0. The minimum absolute atomic E-state index is 0.0270. The number of fused-ring (bicyclic) bond motifs is 1. The van der Waals surface area contributed by atoms with Crippen molar-refractivity contribution in [2.45, 2.75) is 33.2 Å². The number of aryl methyl sites for hydroxylation is 1. The number of alkyl halides is 2. The number of pyridine rings is 1. The van der Waals surface area contributed by atoms with Crippen molar-refractivity contribution in [1.82, 2.24) is 15.0 Å².